The number of ether oxygens (including phenoxy) is 1. The Morgan fingerprint density at radius 1 is 1.08 bits per heavy atom. The van der Waals surface area contributed by atoms with Crippen LogP contribution in [0.4, 0.5) is 0 Å². The summed E-state index contributed by atoms with van der Waals surface area (Å²) in [5.41, 5.74) is 6.00. The molecule has 1 unspecified atom stereocenters. The summed E-state index contributed by atoms with van der Waals surface area (Å²) in [5, 5.41) is 0. The summed E-state index contributed by atoms with van der Waals surface area (Å²) in [6.45, 7) is 8.06. The first-order chi connectivity index (χ1) is 5.62. The van der Waals surface area contributed by atoms with Crippen molar-refractivity contribution in [1.82, 2.24) is 0 Å². The van der Waals surface area contributed by atoms with E-state index in [0.717, 1.165) is 38.9 Å². The smallest absolute Gasteiger partial charge is 0.0483 e. The average Bonchev–Trinajstić information content (AvgIpc) is 1.98. The maximum absolute atomic E-state index is 6.03. The summed E-state index contributed by atoms with van der Waals surface area (Å²) in [6.07, 6.45) is 4.30. The molecule has 0 saturated carbocycles. The lowest BCUT2D eigenvalue weighted by molar-refractivity contribution is 0.115. The SMILES string of the molecule is CCCOCCC(C)(N)CCC. The molecule has 0 bridgehead atoms. The molecular formula is C10H23NO. The van der Waals surface area contributed by atoms with Gasteiger partial charge in [-0.25, -0.2) is 0 Å². The predicted octanol–water partition coefficient (Wildman–Crippen LogP) is 2.32. The van der Waals surface area contributed by atoms with Crippen LogP contribution in [0, 0.1) is 0 Å². The van der Waals surface area contributed by atoms with Crippen molar-refractivity contribution in [2.45, 2.75) is 52.0 Å². The van der Waals surface area contributed by atoms with E-state index in [1.54, 1.807) is 0 Å². The molecular weight excluding hydrogens is 150 g/mol. The van der Waals surface area contributed by atoms with Gasteiger partial charge in [0.05, 0.1) is 0 Å². The van der Waals surface area contributed by atoms with Crippen LogP contribution in [0.15, 0.2) is 0 Å². The molecule has 0 fully saturated rings. The number of nitrogens with two attached hydrogens (primary N) is 1. The Hall–Kier alpha value is -0.0800. The minimum Gasteiger partial charge on any atom is -0.381 e. The first-order valence-electron chi connectivity index (χ1n) is 4.99. The van der Waals surface area contributed by atoms with Crippen LogP contribution in [-0.4, -0.2) is 18.8 Å². The van der Waals surface area contributed by atoms with Crippen molar-refractivity contribution < 1.29 is 4.74 Å². The van der Waals surface area contributed by atoms with Crippen molar-refractivity contribution in [3.05, 3.63) is 0 Å². The topological polar surface area (TPSA) is 35.2 Å². The van der Waals surface area contributed by atoms with Gasteiger partial charge in [0.25, 0.3) is 0 Å². The fraction of sp³-hybridized carbons (Fsp3) is 1.00. The molecule has 0 aliphatic rings. The van der Waals surface area contributed by atoms with Crippen molar-refractivity contribution in [2.75, 3.05) is 13.2 Å². The molecule has 0 rings (SSSR count). The molecule has 12 heavy (non-hydrogen) atoms. The summed E-state index contributed by atoms with van der Waals surface area (Å²) in [4.78, 5) is 0. The monoisotopic (exact) mass is 173 g/mol. The van der Waals surface area contributed by atoms with Crippen LogP contribution in [0.3, 0.4) is 0 Å². The standard InChI is InChI=1S/C10H23NO/c1-4-6-10(3,11)7-9-12-8-5-2/h4-9,11H2,1-3H3. The molecule has 74 valence electrons. The predicted molar refractivity (Wildman–Crippen MR) is 53.2 cm³/mol. The Morgan fingerprint density at radius 3 is 2.25 bits per heavy atom. The summed E-state index contributed by atoms with van der Waals surface area (Å²) < 4.78 is 5.38. The maximum Gasteiger partial charge on any atom is 0.0483 e. The zero-order chi connectivity index (χ0) is 9.45. The lowest BCUT2D eigenvalue weighted by Crippen LogP contribution is -2.37. The molecule has 2 heteroatoms. The minimum atomic E-state index is -0.0253. The number of hydrogen-bond donors (Lipinski definition) is 1. The van der Waals surface area contributed by atoms with E-state index in [-0.39, 0.29) is 5.54 Å². The van der Waals surface area contributed by atoms with Crippen molar-refractivity contribution in [2.24, 2.45) is 5.73 Å². The van der Waals surface area contributed by atoms with Gasteiger partial charge in [-0.1, -0.05) is 20.3 Å². The molecule has 0 aromatic carbocycles. The van der Waals surface area contributed by atoms with Gasteiger partial charge < -0.3 is 10.5 Å². The molecule has 2 N–H and O–H groups in total. The van der Waals surface area contributed by atoms with Gasteiger partial charge in [-0.2, -0.15) is 0 Å². The van der Waals surface area contributed by atoms with Crippen LogP contribution in [-0.2, 0) is 4.74 Å². The highest BCUT2D eigenvalue weighted by Gasteiger charge is 2.15. The van der Waals surface area contributed by atoms with E-state index < -0.39 is 0 Å². The first kappa shape index (κ1) is 11.9. The Bertz CT molecular complexity index is 102. The third-order valence-corrected chi connectivity index (χ3v) is 1.99. The van der Waals surface area contributed by atoms with Crippen molar-refractivity contribution >= 4 is 0 Å². The fourth-order valence-electron chi connectivity index (χ4n) is 1.25. The molecule has 0 aliphatic heterocycles. The van der Waals surface area contributed by atoms with Crippen LogP contribution in [0.25, 0.3) is 0 Å². The third kappa shape index (κ3) is 6.62. The van der Waals surface area contributed by atoms with Gasteiger partial charge >= 0.3 is 0 Å². The largest absolute Gasteiger partial charge is 0.381 e. The van der Waals surface area contributed by atoms with E-state index >= 15 is 0 Å². The van der Waals surface area contributed by atoms with Gasteiger partial charge in [0, 0.05) is 18.8 Å². The molecule has 0 spiro atoms. The minimum absolute atomic E-state index is 0.0253. The van der Waals surface area contributed by atoms with Crippen LogP contribution in [0.1, 0.15) is 46.5 Å². The van der Waals surface area contributed by atoms with E-state index in [0.29, 0.717) is 0 Å². The van der Waals surface area contributed by atoms with Crippen molar-refractivity contribution in [3.8, 4) is 0 Å². The third-order valence-electron chi connectivity index (χ3n) is 1.99. The molecule has 0 heterocycles. The molecule has 0 aromatic heterocycles. The Kier molecular flexibility index (Phi) is 6.39. The van der Waals surface area contributed by atoms with Crippen LogP contribution in [0.5, 0.6) is 0 Å². The second kappa shape index (κ2) is 6.44. The number of hydrogen-bond acceptors (Lipinski definition) is 2. The maximum atomic E-state index is 6.03. The molecule has 0 amide bonds. The normalized spacial score (nSPS) is 16.0. The molecule has 0 aliphatic carbocycles. The zero-order valence-corrected chi connectivity index (χ0v) is 8.73. The van der Waals surface area contributed by atoms with Crippen molar-refractivity contribution in [1.29, 1.82) is 0 Å². The van der Waals surface area contributed by atoms with E-state index in [2.05, 4.69) is 20.8 Å². The van der Waals surface area contributed by atoms with E-state index in [9.17, 15) is 0 Å². The second-order valence-corrected chi connectivity index (χ2v) is 3.77. The van der Waals surface area contributed by atoms with Crippen LogP contribution >= 0.6 is 0 Å². The van der Waals surface area contributed by atoms with Crippen molar-refractivity contribution in [3.63, 3.8) is 0 Å². The number of rotatable bonds is 7. The highest BCUT2D eigenvalue weighted by molar-refractivity contribution is 4.77. The van der Waals surface area contributed by atoms with Gasteiger partial charge in [-0.3, -0.25) is 0 Å². The first-order valence-corrected chi connectivity index (χ1v) is 4.99. The summed E-state index contributed by atoms with van der Waals surface area (Å²) in [5.74, 6) is 0. The molecule has 0 radical (unpaired) electrons. The van der Waals surface area contributed by atoms with Gasteiger partial charge in [0.15, 0.2) is 0 Å². The molecule has 1 atom stereocenters. The molecule has 0 aromatic rings. The highest BCUT2D eigenvalue weighted by atomic mass is 16.5. The Morgan fingerprint density at radius 2 is 1.75 bits per heavy atom. The molecule has 2 nitrogen and oxygen atoms in total. The van der Waals surface area contributed by atoms with Gasteiger partial charge in [-0.05, 0) is 26.2 Å². The highest BCUT2D eigenvalue weighted by Crippen LogP contribution is 2.12. The van der Waals surface area contributed by atoms with Crippen LogP contribution < -0.4 is 5.73 Å². The lowest BCUT2D eigenvalue weighted by Gasteiger charge is -2.23. The van der Waals surface area contributed by atoms with Crippen LogP contribution in [0.2, 0.25) is 0 Å². The van der Waals surface area contributed by atoms with E-state index in [4.69, 9.17) is 10.5 Å². The average molecular weight is 173 g/mol. The Balaban J connectivity index is 3.33. The fourth-order valence-corrected chi connectivity index (χ4v) is 1.25. The van der Waals surface area contributed by atoms with Gasteiger partial charge in [0.2, 0.25) is 0 Å². The molecule has 0 saturated heterocycles. The van der Waals surface area contributed by atoms with Gasteiger partial charge in [0.1, 0.15) is 0 Å². The summed E-state index contributed by atoms with van der Waals surface area (Å²) in [7, 11) is 0. The summed E-state index contributed by atoms with van der Waals surface area (Å²) >= 11 is 0. The summed E-state index contributed by atoms with van der Waals surface area (Å²) in [6, 6.07) is 0. The quantitative estimate of drug-likeness (QED) is 0.600. The second-order valence-electron chi connectivity index (χ2n) is 3.77. The van der Waals surface area contributed by atoms with E-state index in [1.165, 1.54) is 0 Å². The van der Waals surface area contributed by atoms with E-state index in [1.807, 2.05) is 0 Å². The Labute approximate surface area is 76.5 Å². The zero-order valence-electron chi connectivity index (χ0n) is 8.73. The lowest BCUT2D eigenvalue weighted by atomic mass is 9.94. The van der Waals surface area contributed by atoms with Gasteiger partial charge in [-0.15, -0.1) is 0 Å².